The van der Waals surface area contributed by atoms with Crippen molar-refractivity contribution in [2.24, 2.45) is 0 Å². The Balaban J connectivity index is 1.65. The molecule has 0 radical (unpaired) electrons. The molecule has 0 aliphatic heterocycles. The van der Waals surface area contributed by atoms with E-state index >= 15 is 0 Å². The topological polar surface area (TPSA) is 69.0 Å². The summed E-state index contributed by atoms with van der Waals surface area (Å²) >= 11 is 1.48. The Morgan fingerprint density at radius 3 is 2.67 bits per heavy atom. The fourth-order valence-electron chi connectivity index (χ4n) is 2.34. The second-order valence-corrected chi connectivity index (χ2v) is 6.25. The normalized spacial score (nSPS) is 10.6. The lowest BCUT2D eigenvalue weighted by Crippen LogP contribution is -2.14. The van der Waals surface area contributed by atoms with Gasteiger partial charge in [0.25, 0.3) is 0 Å². The Bertz CT molecular complexity index is 852. The second kappa shape index (κ2) is 6.84. The van der Waals surface area contributed by atoms with Crippen LogP contribution >= 0.6 is 11.3 Å². The minimum absolute atomic E-state index is 0.106. The van der Waals surface area contributed by atoms with Crippen LogP contribution in [0.25, 0.3) is 5.13 Å². The van der Waals surface area contributed by atoms with Crippen LogP contribution < -0.4 is 10.1 Å². The number of benzene rings is 1. The third-order valence-corrected chi connectivity index (χ3v) is 4.31. The summed E-state index contributed by atoms with van der Waals surface area (Å²) in [7, 11) is 1.61. The van der Waals surface area contributed by atoms with E-state index in [0.29, 0.717) is 0 Å². The van der Waals surface area contributed by atoms with E-state index in [1.165, 1.54) is 11.3 Å². The number of nitrogens with zero attached hydrogens (tertiary/aromatic N) is 3. The summed E-state index contributed by atoms with van der Waals surface area (Å²) < 4.78 is 6.89. The summed E-state index contributed by atoms with van der Waals surface area (Å²) in [5.41, 5.74) is 3.43. The Labute approximate surface area is 144 Å². The molecular formula is C17H18N4O2S. The summed E-state index contributed by atoms with van der Waals surface area (Å²) in [6.07, 6.45) is 0.224. The monoisotopic (exact) mass is 342 g/mol. The standard InChI is InChI=1S/C17H18N4O2S/c1-11-8-12(2)21(20-11)17-19-14(10-24-17)9-16(22)18-13-4-6-15(23-3)7-5-13/h4-8,10H,9H2,1-3H3,(H,18,22). The molecule has 0 fully saturated rings. The molecule has 1 aromatic carbocycles. The van der Waals surface area contributed by atoms with Gasteiger partial charge in [-0.1, -0.05) is 0 Å². The van der Waals surface area contributed by atoms with Crippen LogP contribution in [0.15, 0.2) is 35.7 Å². The van der Waals surface area contributed by atoms with Crippen LogP contribution in [-0.2, 0) is 11.2 Å². The van der Waals surface area contributed by atoms with Gasteiger partial charge in [-0.2, -0.15) is 5.10 Å². The van der Waals surface area contributed by atoms with Crippen molar-refractivity contribution in [2.45, 2.75) is 20.3 Å². The smallest absolute Gasteiger partial charge is 0.230 e. The van der Waals surface area contributed by atoms with Crippen molar-refractivity contribution >= 4 is 22.9 Å². The Kier molecular flexibility index (Phi) is 4.61. The number of thiazole rings is 1. The first-order chi connectivity index (χ1) is 11.5. The second-order valence-electron chi connectivity index (χ2n) is 5.41. The van der Waals surface area contributed by atoms with E-state index in [2.05, 4.69) is 15.4 Å². The van der Waals surface area contributed by atoms with Crippen LogP contribution in [0.3, 0.4) is 0 Å². The number of anilines is 1. The molecule has 24 heavy (non-hydrogen) atoms. The van der Waals surface area contributed by atoms with Gasteiger partial charge in [0.2, 0.25) is 11.0 Å². The van der Waals surface area contributed by atoms with Crippen LogP contribution in [0, 0.1) is 13.8 Å². The van der Waals surface area contributed by atoms with E-state index in [9.17, 15) is 4.79 Å². The number of rotatable bonds is 5. The SMILES string of the molecule is COc1ccc(NC(=O)Cc2csc(-n3nc(C)cc3C)n2)cc1. The molecule has 1 N–H and O–H groups in total. The van der Waals surface area contributed by atoms with E-state index < -0.39 is 0 Å². The lowest BCUT2D eigenvalue weighted by Gasteiger charge is -2.05. The third-order valence-electron chi connectivity index (χ3n) is 3.45. The van der Waals surface area contributed by atoms with E-state index in [0.717, 1.165) is 33.7 Å². The first-order valence-corrected chi connectivity index (χ1v) is 8.35. The number of aryl methyl sites for hydroxylation is 2. The molecule has 0 aliphatic carbocycles. The zero-order valence-corrected chi connectivity index (χ0v) is 14.6. The van der Waals surface area contributed by atoms with Crippen molar-refractivity contribution in [3.05, 3.63) is 52.8 Å². The molecule has 124 valence electrons. The predicted molar refractivity (Wildman–Crippen MR) is 94.0 cm³/mol. The van der Waals surface area contributed by atoms with E-state index in [-0.39, 0.29) is 12.3 Å². The fraction of sp³-hybridized carbons (Fsp3) is 0.235. The first-order valence-electron chi connectivity index (χ1n) is 7.47. The van der Waals surface area contributed by atoms with Crippen molar-refractivity contribution in [2.75, 3.05) is 12.4 Å². The number of methoxy groups -OCH3 is 1. The molecule has 6 nitrogen and oxygen atoms in total. The number of amides is 1. The molecule has 0 atom stereocenters. The number of carbonyl (C=O) groups excluding carboxylic acids is 1. The molecule has 0 unspecified atom stereocenters. The minimum Gasteiger partial charge on any atom is -0.497 e. The van der Waals surface area contributed by atoms with Crippen molar-refractivity contribution in [3.63, 3.8) is 0 Å². The number of hydrogen-bond acceptors (Lipinski definition) is 5. The molecular weight excluding hydrogens is 324 g/mol. The minimum atomic E-state index is -0.106. The number of hydrogen-bond donors (Lipinski definition) is 1. The van der Waals surface area contributed by atoms with Crippen LogP contribution in [0.1, 0.15) is 17.1 Å². The molecule has 0 aliphatic rings. The van der Waals surface area contributed by atoms with Crippen LogP contribution in [0.5, 0.6) is 5.75 Å². The maximum atomic E-state index is 12.2. The molecule has 7 heteroatoms. The fourth-order valence-corrected chi connectivity index (χ4v) is 3.17. The quantitative estimate of drug-likeness (QED) is 0.773. The molecule has 3 aromatic rings. The van der Waals surface area contributed by atoms with Crippen molar-refractivity contribution < 1.29 is 9.53 Å². The van der Waals surface area contributed by atoms with E-state index in [4.69, 9.17) is 4.74 Å². The van der Waals surface area contributed by atoms with E-state index in [1.54, 1.807) is 36.1 Å². The Morgan fingerprint density at radius 1 is 1.29 bits per heavy atom. The van der Waals surface area contributed by atoms with E-state index in [1.807, 2.05) is 25.3 Å². The zero-order valence-electron chi connectivity index (χ0n) is 13.7. The average molecular weight is 342 g/mol. The number of ether oxygens (including phenoxy) is 1. The summed E-state index contributed by atoms with van der Waals surface area (Å²) in [4.78, 5) is 16.7. The Morgan fingerprint density at radius 2 is 2.04 bits per heavy atom. The maximum Gasteiger partial charge on any atom is 0.230 e. The first kappa shape index (κ1) is 16.2. The van der Waals surface area contributed by atoms with Gasteiger partial charge < -0.3 is 10.1 Å². The van der Waals surface area contributed by atoms with Crippen LogP contribution in [-0.4, -0.2) is 27.8 Å². The number of carbonyl (C=O) groups is 1. The van der Waals surface area contributed by atoms with Gasteiger partial charge in [0, 0.05) is 16.8 Å². The molecule has 0 spiro atoms. The van der Waals surface area contributed by atoms with Gasteiger partial charge in [-0.05, 0) is 44.2 Å². The molecule has 1 amide bonds. The van der Waals surface area contributed by atoms with Gasteiger partial charge in [0.15, 0.2) is 0 Å². The third kappa shape index (κ3) is 3.62. The molecule has 2 aromatic heterocycles. The average Bonchev–Trinajstić information content (AvgIpc) is 3.14. The van der Waals surface area contributed by atoms with Gasteiger partial charge in [-0.15, -0.1) is 11.3 Å². The maximum absolute atomic E-state index is 12.2. The largest absolute Gasteiger partial charge is 0.497 e. The number of nitrogens with one attached hydrogen (secondary N) is 1. The zero-order chi connectivity index (χ0) is 17.1. The van der Waals surface area contributed by atoms with Gasteiger partial charge in [0.1, 0.15) is 5.75 Å². The molecule has 0 bridgehead atoms. The number of aromatic nitrogens is 3. The molecule has 0 saturated heterocycles. The lowest BCUT2D eigenvalue weighted by atomic mass is 10.2. The van der Waals surface area contributed by atoms with Gasteiger partial charge in [0.05, 0.1) is 24.9 Å². The molecule has 3 rings (SSSR count). The molecule has 0 saturated carbocycles. The van der Waals surface area contributed by atoms with Crippen molar-refractivity contribution in [1.29, 1.82) is 0 Å². The molecule has 2 heterocycles. The highest BCUT2D eigenvalue weighted by Gasteiger charge is 2.11. The van der Waals surface area contributed by atoms with Crippen LogP contribution in [0.4, 0.5) is 5.69 Å². The van der Waals surface area contributed by atoms with Gasteiger partial charge >= 0.3 is 0 Å². The van der Waals surface area contributed by atoms with Crippen molar-refractivity contribution in [1.82, 2.24) is 14.8 Å². The highest BCUT2D eigenvalue weighted by molar-refractivity contribution is 7.12. The van der Waals surface area contributed by atoms with Gasteiger partial charge in [-0.25, -0.2) is 9.67 Å². The Hall–Kier alpha value is -2.67. The highest BCUT2D eigenvalue weighted by atomic mass is 32.1. The lowest BCUT2D eigenvalue weighted by molar-refractivity contribution is -0.115. The van der Waals surface area contributed by atoms with Crippen molar-refractivity contribution in [3.8, 4) is 10.9 Å². The predicted octanol–water partition coefficient (Wildman–Crippen LogP) is 3.14. The highest BCUT2D eigenvalue weighted by Crippen LogP contribution is 2.18. The summed E-state index contributed by atoms with van der Waals surface area (Å²) in [6, 6.07) is 9.22. The van der Waals surface area contributed by atoms with Crippen LogP contribution in [0.2, 0.25) is 0 Å². The summed E-state index contributed by atoms with van der Waals surface area (Å²) in [5.74, 6) is 0.646. The summed E-state index contributed by atoms with van der Waals surface area (Å²) in [6.45, 7) is 3.93. The summed E-state index contributed by atoms with van der Waals surface area (Å²) in [5, 5.41) is 9.92. The van der Waals surface area contributed by atoms with Gasteiger partial charge in [-0.3, -0.25) is 4.79 Å².